The van der Waals surface area contributed by atoms with E-state index in [0.29, 0.717) is 17.3 Å². The highest BCUT2D eigenvalue weighted by Crippen LogP contribution is 2.36. The monoisotopic (exact) mass is 241 g/mol. The van der Waals surface area contributed by atoms with Gasteiger partial charge in [0.25, 0.3) is 0 Å². The average molecular weight is 242 g/mol. The summed E-state index contributed by atoms with van der Waals surface area (Å²) < 4.78 is 10.5. The van der Waals surface area contributed by atoms with E-state index in [9.17, 15) is 4.79 Å². The fourth-order valence-corrected chi connectivity index (χ4v) is 1.93. The van der Waals surface area contributed by atoms with Gasteiger partial charge in [0.1, 0.15) is 5.75 Å². The molecule has 0 aliphatic carbocycles. The molecule has 1 aliphatic rings. The van der Waals surface area contributed by atoms with Gasteiger partial charge in [0.2, 0.25) is 0 Å². The lowest BCUT2D eigenvalue weighted by Gasteiger charge is -2.23. The number of ether oxygens (including phenoxy) is 2. The number of rotatable bonds is 2. The number of carbonyl (C=O) groups is 1. The van der Waals surface area contributed by atoms with Gasteiger partial charge in [-0.05, 0) is 25.1 Å². The molecular weight excluding hydrogens is 230 g/mol. The summed E-state index contributed by atoms with van der Waals surface area (Å²) >= 11 is 5.93. The van der Waals surface area contributed by atoms with Crippen LogP contribution >= 0.6 is 11.6 Å². The van der Waals surface area contributed by atoms with Gasteiger partial charge in [-0.25, -0.2) is 4.79 Å². The quantitative estimate of drug-likeness (QED) is 0.864. The van der Waals surface area contributed by atoms with E-state index in [1.54, 1.807) is 25.3 Å². The van der Waals surface area contributed by atoms with Gasteiger partial charge in [0.05, 0.1) is 13.7 Å². The molecule has 1 aromatic rings. The molecular formula is C11H12ClNO3. The van der Waals surface area contributed by atoms with E-state index in [1.807, 2.05) is 6.92 Å². The largest absolute Gasteiger partial charge is 0.496 e. The van der Waals surface area contributed by atoms with Crippen LogP contribution in [0.3, 0.4) is 0 Å². The Bertz CT molecular complexity index is 435. The predicted octanol–water partition coefficient (Wildman–Crippen LogP) is 2.30. The van der Waals surface area contributed by atoms with E-state index in [4.69, 9.17) is 21.1 Å². The van der Waals surface area contributed by atoms with Crippen molar-refractivity contribution in [3.05, 3.63) is 28.8 Å². The molecule has 1 aliphatic heterocycles. The van der Waals surface area contributed by atoms with Crippen LogP contribution in [0.25, 0.3) is 0 Å². The third-order valence-corrected chi connectivity index (χ3v) is 2.85. The molecule has 16 heavy (non-hydrogen) atoms. The molecule has 0 bridgehead atoms. The lowest BCUT2D eigenvalue weighted by atomic mass is 9.95. The zero-order valence-electron chi connectivity index (χ0n) is 9.04. The van der Waals surface area contributed by atoms with E-state index in [-0.39, 0.29) is 0 Å². The minimum Gasteiger partial charge on any atom is -0.496 e. The van der Waals surface area contributed by atoms with Gasteiger partial charge in [0.15, 0.2) is 5.60 Å². The fraction of sp³-hybridized carbons (Fsp3) is 0.364. The average Bonchev–Trinajstić information content (AvgIpc) is 2.60. The second-order valence-corrected chi connectivity index (χ2v) is 4.25. The first-order valence-corrected chi connectivity index (χ1v) is 5.24. The molecule has 1 aromatic carbocycles. The summed E-state index contributed by atoms with van der Waals surface area (Å²) in [5.74, 6) is 0.656. The van der Waals surface area contributed by atoms with Gasteiger partial charge >= 0.3 is 6.09 Å². The number of hydrogen-bond acceptors (Lipinski definition) is 3. The maximum Gasteiger partial charge on any atom is 0.408 e. The fourth-order valence-electron chi connectivity index (χ4n) is 1.76. The second-order valence-electron chi connectivity index (χ2n) is 3.82. The van der Waals surface area contributed by atoms with Crippen LogP contribution in [0.4, 0.5) is 4.79 Å². The third-order valence-electron chi connectivity index (χ3n) is 2.62. The molecule has 0 aromatic heterocycles. The summed E-state index contributed by atoms with van der Waals surface area (Å²) in [4.78, 5) is 11.1. The molecule has 1 atom stereocenters. The van der Waals surface area contributed by atoms with Crippen molar-refractivity contribution in [2.75, 3.05) is 13.7 Å². The second kappa shape index (κ2) is 3.87. The molecule has 86 valence electrons. The summed E-state index contributed by atoms with van der Waals surface area (Å²) in [6, 6.07) is 5.24. The van der Waals surface area contributed by atoms with Gasteiger partial charge in [-0.2, -0.15) is 0 Å². The molecule has 0 saturated carbocycles. The normalized spacial score (nSPS) is 23.8. The van der Waals surface area contributed by atoms with Crippen molar-refractivity contribution >= 4 is 17.7 Å². The Hall–Kier alpha value is -1.42. The minimum absolute atomic E-state index is 0.405. The Balaban J connectivity index is 2.46. The van der Waals surface area contributed by atoms with Crippen LogP contribution in [0, 0.1) is 0 Å². The van der Waals surface area contributed by atoms with Crippen LogP contribution < -0.4 is 10.1 Å². The van der Waals surface area contributed by atoms with Crippen LogP contribution in [-0.2, 0) is 10.3 Å². The highest BCUT2D eigenvalue weighted by molar-refractivity contribution is 6.30. The van der Waals surface area contributed by atoms with Crippen molar-refractivity contribution in [3.63, 3.8) is 0 Å². The van der Waals surface area contributed by atoms with E-state index >= 15 is 0 Å². The highest BCUT2D eigenvalue weighted by atomic mass is 35.5. The first-order valence-electron chi connectivity index (χ1n) is 4.86. The van der Waals surface area contributed by atoms with Crippen molar-refractivity contribution in [2.45, 2.75) is 12.5 Å². The van der Waals surface area contributed by atoms with E-state index in [1.165, 1.54) is 0 Å². The Kier molecular flexibility index (Phi) is 2.68. The number of hydrogen-bond donors (Lipinski definition) is 1. The van der Waals surface area contributed by atoms with Crippen molar-refractivity contribution < 1.29 is 14.3 Å². The number of halogens is 1. The smallest absolute Gasteiger partial charge is 0.408 e. The summed E-state index contributed by atoms with van der Waals surface area (Å²) in [5.41, 5.74) is 0.0358. The molecule has 0 spiro atoms. The molecule has 1 saturated heterocycles. The first kappa shape index (κ1) is 11.1. The summed E-state index contributed by atoms with van der Waals surface area (Å²) in [6.45, 7) is 2.22. The van der Waals surface area contributed by atoms with Gasteiger partial charge in [-0.1, -0.05) is 11.6 Å². The predicted molar refractivity (Wildman–Crippen MR) is 59.8 cm³/mol. The lowest BCUT2D eigenvalue weighted by molar-refractivity contribution is 0.0684. The van der Waals surface area contributed by atoms with Crippen LogP contribution in [0.2, 0.25) is 5.02 Å². The Morgan fingerprint density at radius 3 is 2.88 bits per heavy atom. The molecule has 1 unspecified atom stereocenters. The van der Waals surface area contributed by atoms with E-state index in [2.05, 4.69) is 5.32 Å². The minimum atomic E-state index is -0.729. The van der Waals surface area contributed by atoms with Gasteiger partial charge < -0.3 is 14.8 Å². The summed E-state index contributed by atoms with van der Waals surface area (Å²) in [6.07, 6.45) is -0.426. The van der Waals surface area contributed by atoms with Crippen LogP contribution in [0.1, 0.15) is 12.5 Å². The molecule has 4 nitrogen and oxygen atoms in total. The van der Waals surface area contributed by atoms with Crippen molar-refractivity contribution in [1.29, 1.82) is 0 Å². The van der Waals surface area contributed by atoms with E-state index in [0.717, 1.165) is 5.56 Å². The maximum absolute atomic E-state index is 11.1. The standard InChI is InChI=1S/C11H12ClNO3/c1-11(6-13-10(14)16-11)8-5-7(12)3-4-9(8)15-2/h3-5H,6H2,1-2H3,(H,13,14). The van der Waals surface area contributed by atoms with Crippen LogP contribution in [0.5, 0.6) is 5.75 Å². The molecule has 1 N–H and O–H groups in total. The number of cyclic esters (lactones) is 1. The number of alkyl carbamates (subject to hydrolysis) is 1. The zero-order chi connectivity index (χ0) is 11.8. The molecule has 5 heteroatoms. The summed E-state index contributed by atoms with van der Waals surface area (Å²) in [7, 11) is 1.57. The number of carbonyl (C=O) groups excluding carboxylic acids is 1. The first-order chi connectivity index (χ1) is 7.55. The number of nitrogens with one attached hydrogen (secondary N) is 1. The topological polar surface area (TPSA) is 47.6 Å². The molecule has 1 fully saturated rings. The number of methoxy groups -OCH3 is 1. The van der Waals surface area contributed by atoms with Gasteiger partial charge in [-0.3, -0.25) is 0 Å². The molecule has 1 amide bonds. The van der Waals surface area contributed by atoms with Crippen molar-refractivity contribution in [3.8, 4) is 5.75 Å². The van der Waals surface area contributed by atoms with Crippen LogP contribution in [0.15, 0.2) is 18.2 Å². The van der Waals surface area contributed by atoms with Crippen LogP contribution in [-0.4, -0.2) is 19.7 Å². The number of benzene rings is 1. The molecule has 2 rings (SSSR count). The van der Waals surface area contributed by atoms with Gasteiger partial charge in [0, 0.05) is 10.6 Å². The Labute approximate surface area is 98.5 Å². The zero-order valence-corrected chi connectivity index (χ0v) is 9.80. The van der Waals surface area contributed by atoms with Crippen molar-refractivity contribution in [1.82, 2.24) is 5.32 Å². The Morgan fingerprint density at radius 1 is 1.56 bits per heavy atom. The third kappa shape index (κ3) is 1.80. The van der Waals surface area contributed by atoms with Crippen molar-refractivity contribution in [2.24, 2.45) is 0 Å². The molecule has 0 radical (unpaired) electrons. The number of amides is 1. The highest BCUT2D eigenvalue weighted by Gasteiger charge is 2.39. The maximum atomic E-state index is 11.1. The Morgan fingerprint density at radius 2 is 2.31 bits per heavy atom. The SMILES string of the molecule is COc1ccc(Cl)cc1C1(C)CNC(=O)O1. The van der Waals surface area contributed by atoms with Gasteiger partial charge in [-0.15, -0.1) is 0 Å². The van der Waals surface area contributed by atoms with E-state index < -0.39 is 11.7 Å². The summed E-state index contributed by atoms with van der Waals surface area (Å²) in [5, 5.41) is 3.20. The molecule has 1 heterocycles. The lowest BCUT2D eigenvalue weighted by Crippen LogP contribution is -2.26.